The van der Waals surface area contributed by atoms with E-state index in [9.17, 15) is 19.2 Å². The smallest absolute Gasteiger partial charge is 0.211 e. The Morgan fingerprint density at radius 1 is 0.500 bits per heavy atom. The fourth-order valence-corrected chi connectivity index (χ4v) is 2.61. The van der Waals surface area contributed by atoms with Crippen LogP contribution in [0.25, 0.3) is 0 Å². The molecule has 0 atom stereocenters. The average Bonchev–Trinajstić information content (AvgIpc) is 2.60. The molecule has 0 aliphatic heterocycles. The van der Waals surface area contributed by atoms with Gasteiger partial charge in [0.05, 0.1) is 26.2 Å². The molecule has 0 heterocycles. The van der Waals surface area contributed by atoms with Crippen LogP contribution in [-0.4, -0.2) is 73.5 Å². The third-order valence-electron chi connectivity index (χ3n) is 2.07. The lowest BCUT2D eigenvalue weighted by Crippen LogP contribution is -1.89. The van der Waals surface area contributed by atoms with Gasteiger partial charge in [-0.2, -0.15) is 23.5 Å². The van der Waals surface area contributed by atoms with Crippen LogP contribution < -0.4 is 0 Å². The van der Waals surface area contributed by atoms with E-state index in [0.29, 0.717) is 26.2 Å². The van der Waals surface area contributed by atoms with Crippen LogP contribution in [0.2, 0.25) is 0 Å². The van der Waals surface area contributed by atoms with Crippen molar-refractivity contribution in [3.8, 4) is 0 Å². The number of carbonyl (C=O) groups excluding carboxylic acids is 4. The van der Waals surface area contributed by atoms with Crippen LogP contribution in [0, 0.1) is 0 Å². The number of nitrogens with zero attached hydrogens (tertiary/aromatic N) is 4. The maximum absolute atomic E-state index is 9.66. The monoisotopic (exact) mass is 372 g/mol. The van der Waals surface area contributed by atoms with Crippen LogP contribution in [-0.2, 0) is 19.2 Å². The van der Waals surface area contributed by atoms with Crippen LogP contribution >= 0.6 is 23.5 Å². The molecule has 0 amide bonds. The maximum Gasteiger partial charge on any atom is 0.234 e. The van der Waals surface area contributed by atoms with E-state index in [1.54, 1.807) is 23.5 Å². The van der Waals surface area contributed by atoms with Crippen molar-refractivity contribution >= 4 is 47.8 Å². The Morgan fingerprint density at radius 2 is 0.833 bits per heavy atom. The van der Waals surface area contributed by atoms with Gasteiger partial charge in [0, 0.05) is 11.5 Å². The van der Waals surface area contributed by atoms with Crippen LogP contribution in [0.15, 0.2) is 20.0 Å². The molecule has 132 valence electrons. The zero-order valence-electron chi connectivity index (χ0n) is 13.3. The van der Waals surface area contributed by atoms with E-state index in [1.165, 1.54) is 24.3 Å². The fraction of sp³-hybridized carbons (Fsp3) is 0.714. The van der Waals surface area contributed by atoms with Crippen LogP contribution in [0.5, 0.6) is 0 Å². The van der Waals surface area contributed by atoms with Crippen molar-refractivity contribution < 1.29 is 19.2 Å². The Kier molecular flexibility index (Phi) is 26.6. The van der Waals surface area contributed by atoms with E-state index in [2.05, 4.69) is 20.0 Å². The highest BCUT2D eigenvalue weighted by molar-refractivity contribution is 7.99. The summed E-state index contributed by atoms with van der Waals surface area (Å²) < 4.78 is 0. The average molecular weight is 372 g/mol. The second kappa shape index (κ2) is 26.1. The van der Waals surface area contributed by atoms with Gasteiger partial charge in [-0.15, -0.1) is 0 Å². The van der Waals surface area contributed by atoms with E-state index in [0.717, 1.165) is 35.9 Å². The van der Waals surface area contributed by atoms with Crippen molar-refractivity contribution in [2.45, 2.75) is 12.8 Å². The summed E-state index contributed by atoms with van der Waals surface area (Å²) in [7, 11) is 0. The quantitative estimate of drug-likeness (QED) is 0.259. The first-order chi connectivity index (χ1) is 11.8. The van der Waals surface area contributed by atoms with Gasteiger partial charge in [0.2, 0.25) is 24.3 Å². The van der Waals surface area contributed by atoms with Gasteiger partial charge in [0.15, 0.2) is 0 Å². The Hall–Kier alpha value is -1.78. The van der Waals surface area contributed by atoms with E-state index >= 15 is 0 Å². The van der Waals surface area contributed by atoms with E-state index < -0.39 is 0 Å². The Labute approximate surface area is 149 Å². The molecule has 0 unspecified atom stereocenters. The number of isocyanates is 4. The molecule has 0 aromatic carbocycles. The van der Waals surface area contributed by atoms with Gasteiger partial charge in [-0.1, -0.05) is 0 Å². The Balaban J connectivity index is 0. The number of rotatable bonds is 14. The zero-order valence-corrected chi connectivity index (χ0v) is 14.9. The lowest BCUT2D eigenvalue weighted by Gasteiger charge is -1.96. The van der Waals surface area contributed by atoms with Crippen LogP contribution in [0.4, 0.5) is 0 Å². The van der Waals surface area contributed by atoms with Crippen molar-refractivity contribution in [1.29, 1.82) is 0 Å². The van der Waals surface area contributed by atoms with Crippen LogP contribution in [0.1, 0.15) is 12.8 Å². The normalized spacial score (nSPS) is 8.33. The van der Waals surface area contributed by atoms with Crippen LogP contribution in [0.3, 0.4) is 0 Å². The molecule has 0 fully saturated rings. The molecule has 0 aromatic heterocycles. The molecule has 0 spiro atoms. The Bertz CT molecular complexity index is 437. The molecule has 0 bridgehead atoms. The molecule has 0 aliphatic carbocycles. The molecule has 0 saturated carbocycles. The molecule has 8 nitrogen and oxygen atoms in total. The molecule has 0 N–H and O–H groups in total. The van der Waals surface area contributed by atoms with Crippen molar-refractivity contribution in [3.63, 3.8) is 0 Å². The standard InChI is InChI=1S/C8H12N2O2S.C6H8N2O2S/c11-7-9-3-1-5-13-6-2-4-10-8-12;9-5-7-1-3-11-4-2-8-6-10/h1-6H2;1-4H2. The third kappa shape index (κ3) is 28.4. The minimum Gasteiger partial charge on any atom is -0.211 e. The topological polar surface area (TPSA) is 118 Å². The van der Waals surface area contributed by atoms with Gasteiger partial charge in [-0.05, 0) is 24.3 Å². The molecule has 24 heavy (non-hydrogen) atoms. The maximum atomic E-state index is 9.66. The number of aliphatic imine (C=N–C) groups is 4. The molecular formula is C14H20N4O4S2. The summed E-state index contributed by atoms with van der Waals surface area (Å²) in [5.74, 6) is 3.50. The summed E-state index contributed by atoms with van der Waals surface area (Å²) in [6.07, 6.45) is 7.68. The summed E-state index contributed by atoms with van der Waals surface area (Å²) in [5.41, 5.74) is 0. The molecule has 0 aliphatic rings. The third-order valence-corrected chi connectivity index (χ3v) is 4.17. The minimum atomic E-state index is 0.485. The molecule has 0 radical (unpaired) electrons. The second-order valence-corrected chi connectivity index (χ2v) is 6.27. The number of thioether (sulfide) groups is 2. The van der Waals surface area contributed by atoms with E-state index in [1.807, 2.05) is 0 Å². The summed E-state index contributed by atoms with van der Waals surface area (Å²) in [5, 5.41) is 0. The van der Waals surface area contributed by atoms with Gasteiger partial charge >= 0.3 is 0 Å². The lowest BCUT2D eigenvalue weighted by atomic mass is 10.5. The number of hydrogen-bond donors (Lipinski definition) is 0. The summed E-state index contributed by atoms with van der Waals surface area (Å²) in [6.45, 7) is 2.09. The first-order valence-electron chi connectivity index (χ1n) is 7.13. The van der Waals surface area contributed by atoms with Crippen molar-refractivity contribution in [1.82, 2.24) is 0 Å². The zero-order chi connectivity index (χ0) is 18.1. The van der Waals surface area contributed by atoms with Gasteiger partial charge in [0.25, 0.3) is 0 Å². The SMILES string of the molecule is O=C=NCCCSCCCN=C=O.O=C=NCCSCCN=C=O. The largest absolute Gasteiger partial charge is 0.234 e. The summed E-state index contributed by atoms with van der Waals surface area (Å²) in [6, 6.07) is 0. The van der Waals surface area contributed by atoms with E-state index in [-0.39, 0.29) is 0 Å². The fourth-order valence-electron chi connectivity index (χ4n) is 1.10. The predicted octanol–water partition coefficient (Wildman–Crippen LogP) is 1.56. The first-order valence-corrected chi connectivity index (χ1v) is 9.44. The highest BCUT2D eigenvalue weighted by Crippen LogP contribution is 2.04. The lowest BCUT2D eigenvalue weighted by molar-refractivity contribution is 0.562. The molecule has 0 aromatic rings. The first kappa shape index (κ1) is 24.5. The van der Waals surface area contributed by atoms with Crippen molar-refractivity contribution in [3.05, 3.63) is 0 Å². The second-order valence-electron chi connectivity index (χ2n) is 3.82. The summed E-state index contributed by atoms with van der Waals surface area (Å²) in [4.78, 5) is 52.0. The Morgan fingerprint density at radius 3 is 1.21 bits per heavy atom. The minimum absolute atomic E-state index is 0.485. The highest BCUT2D eigenvalue weighted by atomic mass is 32.2. The van der Waals surface area contributed by atoms with Gasteiger partial charge in [-0.25, -0.2) is 39.1 Å². The molecule has 10 heteroatoms. The van der Waals surface area contributed by atoms with Crippen molar-refractivity contribution in [2.24, 2.45) is 20.0 Å². The predicted molar refractivity (Wildman–Crippen MR) is 95.8 cm³/mol. The summed E-state index contributed by atoms with van der Waals surface area (Å²) >= 11 is 3.36. The molecular weight excluding hydrogens is 352 g/mol. The van der Waals surface area contributed by atoms with Gasteiger partial charge < -0.3 is 0 Å². The van der Waals surface area contributed by atoms with Crippen molar-refractivity contribution in [2.75, 3.05) is 49.2 Å². The van der Waals surface area contributed by atoms with E-state index in [4.69, 9.17) is 0 Å². The molecule has 0 rings (SSSR count). The number of hydrogen-bond acceptors (Lipinski definition) is 10. The van der Waals surface area contributed by atoms with Gasteiger partial charge in [-0.3, -0.25) is 0 Å². The van der Waals surface area contributed by atoms with Gasteiger partial charge in [0.1, 0.15) is 0 Å². The molecule has 0 saturated heterocycles. The highest BCUT2D eigenvalue weighted by Gasteiger charge is 1.89.